The SMILES string of the molecule is CCCOc1ccc(/C(O)=C2\C(=O)C(=O)N(c3ccccc3O)C2c2ccc(O)cc2)cc1. The Morgan fingerprint density at radius 2 is 1.61 bits per heavy atom. The third-order valence-corrected chi connectivity index (χ3v) is 5.40. The maximum absolute atomic E-state index is 13.1. The van der Waals surface area contributed by atoms with Crippen LogP contribution in [0.1, 0.15) is 30.5 Å². The minimum absolute atomic E-state index is 0.0147. The topological polar surface area (TPSA) is 107 Å². The molecule has 1 aliphatic heterocycles. The standard InChI is InChI=1S/C26H23NO6/c1-2-15-33-19-13-9-17(10-14-19)24(30)22-23(16-7-11-18(28)12-8-16)27(26(32)25(22)31)20-5-3-4-6-21(20)29/h3-14,23,28-30H,2,15H2,1H3/b24-22+. The number of hydrogen-bond donors (Lipinski definition) is 3. The molecule has 0 bridgehead atoms. The van der Waals surface area contributed by atoms with Gasteiger partial charge < -0.3 is 20.1 Å². The maximum atomic E-state index is 13.1. The smallest absolute Gasteiger partial charge is 0.300 e. The lowest BCUT2D eigenvalue weighted by Gasteiger charge is -2.26. The number of carbonyl (C=O) groups is 2. The lowest BCUT2D eigenvalue weighted by atomic mass is 9.95. The van der Waals surface area contributed by atoms with Crippen molar-refractivity contribution < 1.29 is 29.6 Å². The highest BCUT2D eigenvalue weighted by Crippen LogP contribution is 2.44. The average Bonchev–Trinajstić information content (AvgIpc) is 3.09. The minimum atomic E-state index is -1.00. The van der Waals surface area contributed by atoms with Crippen LogP contribution in [-0.4, -0.2) is 33.6 Å². The summed E-state index contributed by atoms with van der Waals surface area (Å²) in [6.45, 7) is 2.55. The second-order valence-corrected chi connectivity index (χ2v) is 7.62. The van der Waals surface area contributed by atoms with E-state index < -0.39 is 17.7 Å². The van der Waals surface area contributed by atoms with Gasteiger partial charge in [0.25, 0.3) is 11.7 Å². The van der Waals surface area contributed by atoms with Crippen molar-refractivity contribution in [1.29, 1.82) is 0 Å². The summed E-state index contributed by atoms with van der Waals surface area (Å²) >= 11 is 0. The van der Waals surface area contributed by atoms with Crippen LogP contribution in [0.15, 0.2) is 78.4 Å². The van der Waals surface area contributed by atoms with Gasteiger partial charge in [-0.15, -0.1) is 0 Å². The van der Waals surface area contributed by atoms with E-state index >= 15 is 0 Å². The minimum Gasteiger partial charge on any atom is -0.508 e. The van der Waals surface area contributed by atoms with Crippen molar-refractivity contribution >= 4 is 23.1 Å². The van der Waals surface area contributed by atoms with Crippen LogP contribution >= 0.6 is 0 Å². The number of Topliss-reactive ketones (excluding diaryl/α,β-unsaturated/α-hetero) is 1. The molecule has 1 heterocycles. The van der Waals surface area contributed by atoms with Gasteiger partial charge in [-0.3, -0.25) is 14.5 Å². The van der Waals surface area contributed by atoms with Gasteiger partial charge in [-0.05, 0) is 60.5 Å². The third kappa shape index (κ3) is 4.13. The number of hydrogen-bond acceptors (Lipinski definition) is 6. The second-order valence-electron chi connectivity index (χ2n) is 7.62. The summed E-state index contributed by atoms with van der Waals surface area (Å²) in [5.41, 5.74) is 0.855. The van der Waals surface area contributed by atoms with Crippen molar-refractivity contribution in [2.75, 3.05) is 11.5 Å². The molecule has 0 saturated carbocycles. The van der Waals surface area contributed by atoms with Crippen LogP contribution in [0.2, 0.25) is 0 Å². The molecule has 0 radical (unpaired) electrons. The van der Waals surface area contributed by atoms with Crippen molar-refractivity contribution in [3.63, 3.8) is 0 Å². The molecule has 1 atom stereocenters. The largest absolute Gasteiger partial charge is 0.508 e. The molecule has 3 aromatic carbocycles. The number of para-hydroxylation sites is 2. The Bertz CT molecular complexity index is 1210. The summed E-state index contributed by atoms with van der Waals surface area (Å²) < 4.78 is 5.56. The molecular weight excluding hydrogens is 422 g/mol. The lowest BCUT2D eigenvalue weighted by molar-refractivity contribution is -0.132. The Kier molecular flexibility index (Phi) is 6.04. The molecule has 33 heavy (non-hydrogen) atoms. The van der Waals surface area contributed by atoms with Crippen LogP contribution in [0.4, 0.5) is 5.69 Å². The number of amides is 1. The first-order chi connectivity index (χ1) is 15.9. The first-order valence-corrected chi connectivity index (χ1v) is 10.5. The molecule has 1 amide bonds. The molecule has 7 nitrogen and oxygen atoms in total. The summed E-state index contributed by atoms with van der Waals surface area (Å²) in [6, 6.07) is 17.7. The van der Waals surface area contributed by atoms with E-state index in [2.05, 4.69) is 0 Å². The number of benzene rings is 3. The van der Waals surface area contributed by atoms with E-state index in [-0.39, 0.29) is 28.5 Å². The highest BCUT2D eigenvalue weighted by atomic mass is 16.5. The number of aliphatic hydroxyl groups excluding tert-OH is 1. The molecule has 1 fully saturated rings. The van der Waals surface area contributed by atoms with E-state index in [4.69, 9.17) is 4.74 Å². The number of anilines is 1. The zero-order chi connectivity index (χ0) is 23.5. The van der Waals surface area contributed by atoms with Gasteiger partial charge in [0, 0.05) is 5.56 Å². The van der Waals surface area contributed by atoms with Crippen LogP contribution in [0.3, 0.4) is 0 Å². The number of phenolic OH excluding ortho intramolecular Hbond substituents is 2. The van der Waals surface area contributed by atoms with E-state index in [1.165, 1.54) is 24.3 Å². The Morgan fingerprint density at radius 3 is 2.24 bits per heavy atom. The van der Waals surface area contributed by atoms with Gasteiger partial charge in [-0.1, -0.05) is 31.2 Å². The number of aromatic hydroxyl groups is 2. The molecule has 0 aliphatic carbocycles. The second kappa shape index (κ2) is 9.08. The summed E-state index contributed by atoms with van der Waals surface area (Å²) in [7, 11) is 0. The molecule has 1 unspecified atom stereocenters. The van der Waals surface area contributed by atoms with Gasteiger partial charge in [-0.25, -0.2) is 0 Å². The highest BCUT2D eigenvalue weighted by Gasteiger charge is 2.47. The Labute approximate surface area is 190 Å². The van der Waals surface area contributed by atoms with Gasteiger partial charge in [0.2, 0.25) is 0 Å². The van der Waals surface area contributed by atoms with Crippen molar-refractivity contribution in [3.05, 3.63) is 89.5 Å². The molecule has 3 aromatic rings. The van der Waals surface area contributed by atoms with E-state index in [0.717, 1.165) is 11.3 Å². The summed E-state index contributed by atoms with van der Waals surface area (Å²) in [4.78, 5) is 27.3. The molecule has 168 valence electrons. The van der Waals surface area contributed by atoms with Crippen LogP contribution in [-0.2, 0) is 9.59 Å². The van der Waals surface area contributed by atoms with Crippen molar-refractivity contribution in [2.45, 2.75) is 19.4 Å². The molecular formula is C26H23NO6. The number of nitrogens with zero attached hydrogens (tertiary/aromatic N) is 1. The number of aliphatic hydroxyl groups is 1. The fourth-order valence-corrected chi connectivity index (χ4v) is 3.81. The van der Waals surface area contributed by atoms with E-state index in [0.29, 0.717) is 23.5 Å². The number of phenols is 2. The summed E-state index contributed by atoms with van der Waals surface area (Å²) in [5, 5.41) is 31.2. The first-order valence-electron chi connectivity index (χ1n) is 10.5. The Hall–Kier alpha value is -4.26. The van der Waals surface area contributed by atoms with E-state index in [1.54, 1.807) is 48.5 Å². The molecule has 0 aromatic heterocycles. The number of carbonyl (C=O) groups excluding carboxylic acids is 2. The summed E-state index contributed by atoms with van der Waals surface area (Å²) in [6.07, 6.45) is 0.851. The van der Waals surface area contributed by atoms with Crippen molar-refractivity contribution in [3.8, 4) is 17.2 Å². The predicted octanol–water partition coefficient (Wildman–Crippen LogP) is 4.51. The van der Waals surface area contributed by atoms with Gasteiger partial charge >= 0.3 is 0 Å². The zero-order valence-corrected chi connectivity index (χ0v) is 17.9. The summed E-state index contributed by atoms with van der Waals surface area (Å²) in [5.74, 6) is -1.63. The fraction of sp³-hybridized carbons (Fsp3) is 0.154. The molecule has 0 spiro atoms. The van der Waals surface area contributed by atoms with Crippen LogP contribution in [0.25, 0.3) is 5.76 Å². The molecule has 1 aliphatic rings. The first kappa shape index (κ1) is 22.0. The van der Waals surface area contributed by atoms with Gasteiger partial charge in [0.15, 0.2) is 0 Å². The number of rotatable bonds is 6. The van der Waals surface area contributed by atoms with E-state index in [9.17, 15) is 24.9 Å². The van der Waals surface area contributed by atoms with Crippen molar-refractivity contribution in [2.24, 2.45) is 0 Å². The number of ether oxygens (including phenoxy) is 1. The van der Waals surface area contributed by atoms with E-state index in [1.807, 2.05) is 6.92 Å². The molecule has 1 saturated heterocycles. The normalized spacial score (nSPS) is 17.4. The van der Waals surface area contributed by atoms with Crippen LogP contribution < -0.4 is 9.64 Å². The average molecular weight is 445 g/mol. The molecule has 4 rings (SSSR count). The quantitative estimate of drug-likeness (QED) is 0.293. The van der Waals surface area contributed by atoms with Crippen LogP contribution in [0, 0.1) is 0 Å². The zero-order valence-electron chi connectivity index (χ0n) is 17.9. The fourth-order valence-electron chi connectivity index (χ4n) is 3.81. The molecule has 7 heteroatoms. The van der Waals surface area contributed by atoms with Crippen LogP contribution in [0.5, 0.6) is 17.2 Å². The Balaban J connectivity index is 1.86. The van der Waals surface area contributed by atoms with Crippen molar-refractivity contribution in [1.82, 2.24) is 0 Å². The maximum Gasteiger partial charge on any atom is 0.300 e. The highest BCUT2D eigenvalue weighted by molar-refractivity contribution is 6.51. The predicted molar refractivity (Wildman–Crippen MR) is 123 cm³/mol. The monoisotopic (exact) mass is 445 g/mol. The van der Waals surface area contributed by atoms with Gasteiger partial charge in [-0.2, -0.15) is 0 Å². The third-order valence-electron chi connectivity index (χ3n) is 5.40. The van der Waals surface area contributed by atoms with Gasteiger partial charge in [0.05, 0.1) is 23.9 Å². The van der Waals surface area contributed by atoms with Gasteiger partial charge in [0.1, 0.15) is 23.0 Å². The molecule has 3 N–H and O–H groups in total. The lowest BCUT2D eigenvalue weighted by Crippen LogP contribution is -2.29. The number of ketones is 1. The Morgan fingerprint density at radius 1 is 0.939 bits per heavy atom.